The maximum absolute atomic E-state index is 13.0. The molecule has 0 atom stereocenters. The van der Waals surface area contributed by atoms with Crippen molar-refractivity contribution in [3.8, 4) is 28.5 Å². The van der Waals surface area contributed by atoms with Gasteiger partial charge >= 0.3 is 5.97 Å². The van der Waals surface area contributed by atoms with Gasteiger partial charge in [0.15, 0.2) is 11.5 Å². The number of carbonyl (C=O) groups is 2. The first-order chi connectivity index (χ1) is 15.0. The minimum atomic E-state index is -0.912. The van der Waals surface area contributed by atoms with Crippen LogP contribution in [0.3, 0.4) is 0 Å². The van der Waals surface area contributed by atoms with Gasteiger partial charge in [-0.05, 0) is 54.6 Å². The summed E-state index contributed by atoms with van der Waals surface area (Å²) in [7, 11) is 4.61. The van der Waals surface area contributed by atoms with Crippen LogP contribution >= 0.6 is 0 Å². The summed E-state index contributed by atoms with van der Waals surface area (Å²) in [5, 5.41) is 9.08. The van der Waals surface area contributed by atoms with Gasteiger partial charge in [0, 0.05) is 23.2 Å². The van der Waals surface area contributed by atoms with Gasteiger partial charge in [0.05, 0.1) is 33.4 Å². The van der Waals surface area contributed by atoms with Crippen molar-refractivity contribution in [2.24, 2.45) is 0 Å². The number of hydrogen-bond donors (Lipinski definition) is 2. The third kappa shape index (κ3) is 4.98. The van der Waals surface area contributed by atoms with Gasteiger partial charge in [0.2, 0.25) is 0 Å². The number of amides is 1. The van der Waals surface area contributed by atoms with Gasteiger partial charge in [-0.2, -0.15) is 0 Å². The highest BCUT2D eigenvalue weighted by atomic mass is 16.5. The van der Waals surface area contributed by atoms with E-state index < -0.39 is 5.97 Å². The fraction of sp³-hybridized carbons (Fsp3) is 0.217. The Bertz CT molecular complexity index is 1070. The molecule has 3 aromatic rings. The minimum Gasteiger partial charge on any atom is -0.497 e. The molecule has 0 unspecified atom stereocenters. The van der Waals surface area contributed by atoms with Crippen LogP contribution in [0.1, 0.15) is 22.5 Å². The molecule has 31 heavy (non-hydrogen) atoms. The average Bonchev–Trinajstić information content (AvgIpc) is 3.19. The van der Waals surface area contributed by atoms with Gasteiger partial charge in [-0.25, -0.2) is 0 Å². The van der Waals surface area contributed by atoms with Crippen LogP contribution in [0.2, 0.25) is 0 Å². The quantitative estimate of drug-likeness (QED) is 0.545. The fourth-order valence-corrected chi connectivity index (χ4v) is 3.17. The molecule has 0 saturated carbocycles. The Balaban J connectivity index is 1.96. The number of aliphatic carboxylic acids is 1. The summed E-state index contributed by atoms with van der Waals surface area (Å²) in [5.74, 6) is 0.376. The SMILES string of the molecule is COc1ccc(-c2ccc(CCC(=O)O)n2NC(=O)c2ccc(OC)c(OC)c2)cc1. The van der Waals surface area contributed by atoms with E-state index in [0.29, 0.717) is 28.5 Å². The van der Waals surface area contributed by atoms with Crippen molar-refractivity contribution in [2.75, 3.05) is 26.8 Å². The summed E-state index contributed by atoms with van der Waals surface area (Å²) >= 11 is 0. The fourth-order valence-electron chi connectivity index (χ4n) is 3.17. The second-order valence-electron chi connectivity index (χ2n) is 6.68. The largest absolute Gasteiger partial charge is 0.497 e. The summed E-state index contributed by atoms with van der Waals surface area (Å²) in [6, 6.07) is 15.9. The molecule has 0 radical (unpaired) electrons. The van der Waals surface area contributed by atoms with Gasteiger partial charge in [-0.3, -0.25) is 19.7 Å². The number of aromatic nitrogens is 1. The number of carboxylic acids is 1. The number of methoxy groups -OCH3 is 3. The Morgan fingerprint density at radius 2 is 1.61 bits per heavy atom. The van der Waals surface area contributed by atoms with Crippen LogP contribution in [0.5, 0.6) is 17.2 Å². The molecular formula is C23H24N2O6. The molecule has 3 rings (SSSR count). The maximum atomic E-state index is 13.0. The van der Waals surface area contributed by atoms with E-state index in [1.165, 1.54) is 14.2 Å². The van der Waals surface area contributed by atoms with Crippen molar-refractivity contribution in [2.45, 2.75) is 12.8 Å². The molecule has 2 N–H and O–H groups in total. The van der Waals surface area contributed by atoms with E-state index in [2.05, 4.69) is 5.43 Å². The lowest BCUT2D eigenvalue weighted by Gasteiger charge is -2.16. The Morgan fingerprint density at radius 3 is 2.23 bits per heavy atom. The summed E-state index contributed by atoms with van der Waals surface area (Å²) < 4.78 is 17.3. The first-order valence-corrected chi connectivity index (χ1v) is 9.57. The van der Waals surface area contributed by atoms with Gasteiger partial charge in [-0.1, -0.05) is 0 Å². The van der Waals surface area contributed by atoms with E-state index in [0.717, 1.165) is 11.3 Å². The summed E-state index contributed by atoms with van der Waals surface area (Å²) in [5.41, 5.74) is 5.47. The number of nitrogens with one attached hydrogen (secondary N) is 1. The lowest BCUT2D eigenvalue weighted by atomic mass is 10.1. The topological polar surface area (TPSA) is 99.0 Å². The first-order valence-electron chi connectivity index (χ1n) is 9.57. The highest BCUT2D eigenvalue weighted by Gasteiger charge is 2.16. The van der Waals surface area contributed by atoms with E-state index in [-0.39, 0.29) is 18.7 Å². The molecular weight excluding hydrogens is 400 g/mol. The molecule has 8 heteroatoms. The number of carboxylic acid groups (broad SMARTS) is 1. The molecule has 0 spiro atoms. The van der Waals surface area contributed by atoms with Gasteiger partial charge < -0.3 is 19.3 Å². The van der Waals surface area contributed by atoms with E-state index in [1.807, 2.05) is 30.3 Å². The van der Waals surface area contributed by atoms with Crippen LogP contribution in [-0.4, -0.2) is 43.0 Å². The second-order valence-corrected chi connectivity index (χ2v) is 6.68. The van der Waals surface area contributed by atoms with E-state index in [4.69, 9.17) is 19.3 Å². The van der Waals surface area contributed by atoms with Crippen molar-refractivity contribution in [3.05, 3.63) is 65.9 Å². The zero-order valence-electron chi connectivity index (χ0n) is 17.5. The molecule has 0 fully saturated rings. The van der Waals surface area contributed by atoms with Crippen LogP contribution in [-0.2, 0) is 11.2 Å². The minimum absolute atomic E-state index is 0.0572. The number of benzene rings is 2. The highest BCUT2D eigenvalue weighted by Crippen LogP contribution is 2.28. The third-order valence-electron chi connectivity index (χ3n) is 4.80. The van der Waals surface area contributed by atoms with Crippen molar-refractivity contribution >= 4 is 11.9 Å². The number of ether oxygens (including phenoxy) is 3. The monoisotopic (exact) mass is 424 g/mol. The molecule has 0 aliphatic carbocycles. The Kier molecular flexibility index (Phi) is 6.81. The number of rotatable bonds is 9. The van der Waals surface area contributed by atoms with Crippen molar-refractivity contribution in [1.29, 1.82) is 0 Å². The van der Waals surface area contributed by atoms with Crippen LogP contribution in [0.25, 0.3) is 11.3 Å². The highest BCUT2D eigenvalue weighted by molar-refractivity contribution is 6.01. The molecule has 8 nitrogen and oxygen atoms in total. The van der Waals surface area contributed by atoms with Gasteiger partial charge in [-0.15, -0.1) is 0 Å². The second kappa shape index (κ2) is 9.71. The molecule has 0 saturated heterocycles. The summed E-state index contributed by atoms with van der Waals surface area (Å²) in [6.45, 7) is 0. The zero-order valence-corrected chi connectivity index (χ0v) is 17.5. The number of hydrogen-bond acceptors (Lipinski definition) is 5. The predicted molar refractivity (Wildman–Crippen MR) is 116 cm³/mol. The lowest BCUT2D eigenvalue weighted by Crippen LogP contribution is -2.25. The lowest BCUT2D eigenvalue weighted by molar-refractivity contribution is -0.136. The van der Waals surface area contributed by atoms with Crippen molar-refractivity contribution in [3.63, 3.8) is 0 Å². The van der Waals surface area contributed by atoms with Gasteiger partial charge in [0.25, 0.3) is 5.91 Å². The predicted octanol–water partition coefficient (Wildman–Crippen LogP) is 3.58. The van der Waals surface area contributed by atoms with Crippen LogP contribution < -0.4 is 19.6 Å². The number of aryl methyl sites for hydroxylation is 1. The van der Waals surface area contributed by atoms with E-state index >= 15 is 0 Å². The van der Waals surface area contributed by atoms with E-state index in [1.54, 1.807) is 36.1 Å². The van der Waals surface area contributed by atoms with Crippen LogP contribution in [0.4, 0.5) is 0 Å². The van der Waals surface area contributed by atoms with Crippen LogP contribution in [0.15, 0.2) is 54.6 Å². The molecule has 162 valence electrons. The van der Waals surface area contributed by atoms with Crippen molar-refractivity contribution < 1.29 is 28.9 Å². The normalized spacial score (nSPS) is 10.4. The molecule has 1 heterocycles. The smallest absolute Gasteiger partial charge is 0.303 e. The van der Waals surface area contributed by atoms with E-state index in [9.17, 15) is 9.59 Å². The molecule has 0 aliphatic rings. The average molecular weight is 424 g/mol. The molecule has 1 amide bonds. The first kappa shape index (κ1) is 21.8. The Hall–Kier alpha value is -3.94. The molecule has 2 aromatic carbocycles. The number of nitrogens with zero attached hydrogens (tertiary/aromatic N) is 1. The molecule has 1 aromatic heterocycles. The Labute approximate surface area is 179 Å². The summed E-state index contributed by atoms with van der Waals surface area (Å²) in [6.07, 6.45) is 0.204. The molecule has 0 aliphatic heterocycles. The standard InChI is InChI=1S/C23H24N2O6/c1-29-18-9-4-15(5-10-18)19-11-7-17(8-13-22(26)27)25(19)24-23(28)16-6-12-20(30-2)21(14-16)31-3/h4-7,9-12,14H,8,13H2,1-3H3,(H,24,28)(H,26,27). The zero-order chi connectivity index (χ0) is 22.4. The van der Waals surface area contributed by atoms with Gasteiger partial charge in [0.1, 0.15) is 5.75 Å². The molecule has 0 bridgehead atoms. The maximum Gasteiger partial charge on any atom is 0.303 e. The number of carbonyl (C=O) groups excluding carboxylic acids is 1. The van der Waals surface area contributed by atoms with Crippen LogP contribution in [0, 0.1) is 0 Å². The summed E-state index contributed by atoms with van der Waals surface area (Å²) in [4.78, 5) is 24.1. The third-order valence-corrected chi connectivity index (χ3v) is 4.80. The Morgan fingerprint density at radius 1 is 0.903 bits per heavy atom. The van der Waals surface area contributed by atoms with Crippen molar-refractivity contribution in [1.82, 2.24) is 4.68 Å².